The number of piperidine rings is 1. The van der Waals surface area contributed by atoms with E-state index < -0.39 is 17.6 Å². The lowest BCUT2D eigenvalue weighted by Gasteiger charge is -2.24. The number of amides is 1. The average molecular weight is 545 g/mol. The van der Waals surface area contributed by atoms with Crippen molar-refractivity contribution < 1.29 is 18.0 Å². The van der Waals surface area contributed by atoms with Crippen molar-refractivity contribution >= 4 is 28.4 Å². The molecule has 9 heteroatoms. The first-order valence-corrected chi connectivity index (χ1v) is 12.8. The second-order valence-corrected chi connectivity index (χ2v) is 9.40. The average Bonchev–Trinajstić information content (AvgIpc) is 2.91. The summed E-state index contributed by atoms with van der Waals surface area (Å²) in [6.07, 6.45) is 3.57. The number of carbonyl (C=O) groups excluding carboxylic acids is 1. The minimum atomic E-state index is -4.55. The standard InChI is InChI=1S/C29H32ClF3N4O/c1-4-6-10-26(30)37-27(5-2)35-19(3)21-8-7-9-25(18-21)36-28(38)23-15-22(20-11-13-34-14-12-20)16-24(17-23)29(31,32)33/h4-10,15-20,34-35H,1,11-14H2,2-3H3,(H,36,38)/b10-6+,27-5-,37-26+/t19-/m0/s1. The van der Waals surface area contributed by atoms with Crippen LogP contribution < -0.4 is 16.0 Å². The first kappa shape index (κ1) is 29.2. The summed E-state index contributed by atoms with van der Waals surface area (Å²) in [4.78, 5) is 17.4. The molecule has 0 aromatic heterocycles. The zero-order valence-corrected chi connectivity index (χ0v) is 22.2. The summed E-state index contributed by atoms with van der Waals surface area (Å²) in [5.41, 5.74) is 1.03. The number of halogens is 4. The Kier molecular flexibility index (Phi) is 10.3. The van der Waals surface area contributed by atoms with E-state index in [2.05, 4.69) is 27.5 Å². The van der Waals surface area contributed by atoms with Crippen LogP contribution >= 0.6 is 11.6 Å². The van der Waals surface area contributed by atoms with Gasteiger partial charge in [0.1, 0.15) is 11.0 Å². The molecule has 202 valence electrons. The van der Waals surface area contributed by atoms with Gasteiger partial charge in [0.25, 0.3) is 5.91 Å². The summed E-state index contributed by atoms with van der Waals surface area (Å²) in [5, 5.41) is 9.51. The molecule has 3 N–H and O–H groups in total. The van der Waals surface area contributed by atoms with Gasteiger partial charge in [-0.1, -0.05) is 42.5 Å². The molecule has 1 aliphatic rings. The van der Waals surface area contributed by atoms with Crippen molar-refractivity contribution in [3.05, 3.63) is 101 Å². The Hall–Kier alpha value is -3.36. The normalized spacial score (nSPS) is 16.4. The van der Waals surface area contributed by atoms with Crippen molar-refractivity contribution in [2.75, 3.05) is 18.4 Å². The summed E-state index contributed by atoms with van der Waals surface area (Å²) < 4.78 is 40.9. The van der Waals surface area contributed by atoms with Crippen molar-refractivity contribution in [2.45, 2.75) is 44.8 Å². The number of hydrogen-bond donors (Lipinski definition) is 3. The van der Waals surface area contributed by atoms with Crippen LogP contribution in [-0.2, 0) is 6.18 Å². The quantitative estimate of drug-likeness (QED) is 0.229. The molecule has 2 aromatic carbocycles. The number of rotatable bonds is 9. The van der Waals surface area contributed by atoms with Crippen LogP contribution in [0.1, 0.15) is 65.7 Å². The lowest BCUT2D eigenvalue weighted by molar-refractivity contribution is -0.137. The molecule has 1 heterocycles. The van der Waals surface area contributed by atoms with Crippen LogP contribution in [0.25, 0.3) is 0 Å². The maximum absolute atomic E-state index is 13.6. The zero-order chi connectivity index (χ0) is 27.7. The van der Waals surface area contributed by atoms with Gasteiger partial charge in [-0.05, 0) is 99.3 Å². The van der Waals surface area contributed by atoms with E-state index >= 15 is 0 Å². The Morgan fingerprint density at radius 1 is 1.21 bits per heavy atom. The molecule has 0 unspecified atom stereocenters. The molecular weight excluding hydrogens is 513 g/mol. The molecule has 0 bridgehead atoms. The lowest BCUT2D eigenvalue weighted by atomic mass is 9.88. The molecule has 2 aromatic rings. The minimum Gasteiger partial charge on any atom is -0.364 e. The fourth-order valence-electron chi connectivity index (χ4n) is 4.21. The van der Waals surface area contributed by atoms with Crippen molar-refractivity contribution in [3.63, 3.8) is 0 Å². The van der Waals surface area contributed by atoms with E-state index in [9.17, 15) is 18.0 Å². The van der Waals surface area contributed by atoms with Gasteiger partial charge in [-0.2, -0.15) is 13.2 Å². The highest BCUT2D eigenvalue weighted by Crippen LogP contribution is 2.35. The van der Waals surface area contributed by atoms with Crippen LogP contribution in [0.15, 0.2) is 84.2 Å². The van der Waals surface area contributed by atoms with Gasteiger partial charge in [0.2, 0.25) is 0 Å². The molecular formula is C29H32ClF3N4O. The highest BCUT2D eigenvalue weighted by Gasteiger charge is 2.32. The first-order valence-electron chi connectivity index (χ1n) is 12.4. The molecule has 1 amide bonds. The Morgan fingerprint density at radius 2 is 1.95 bits per heavy atom. The Labute approximate surface area is 226 Å². The Bertz CT molecular complexity index is 1230. The Balaban J connectivity index is 1.79. The second kappa shape index (κ2) is 13.4. The van der Waals surface area contributed by atoms with Gasteiger partial charge < -0.3 is 16.0 Å². The van der Waals surface area contributed by atoms with E-state index in [4.69, 9.17) is 11.6 Å². The van der Waals surface area contributed by atoms with E-state index in [-0.39, 0.29) is 22.7 Å². The number of hydrogen-bond acceptors (Lipinski definition) is 4. The third kappa shape index (κ3) is 8.33. The molecule has 3 rings (SSSR count). The smallest absolute Gasteiger partial charge is 0.364 e. The van der Waals surface area contributed by atoms with Gasteiger partial charge in [0, 0.05) is 11.3 Å². The molecule has 0 saturated carbocycles. The van der Waals surface area contributed by atoms with Gasteiger partial charge >= 0.3 is 6.18 Å². The summed E-state index contributed by atoms with van der Waals surface area (Å²) in [6.45, 7) is 8.81. The zero-order valence-electron chi connectivity index (χ0n) is 21.4. The molecule has 38 heavy (non-hydrogen) atoms. The highest BCUT2D eigenvalue weighted by atomic mass is 35.5. The van der Waals surface area contributed by atoms with Gasteiger partial charge in [-0.3, -0.25) is 4.79 Å². The van der Waals surface area contributed by atoms with E-state index in [1.54, 1.807) is 48.6 Å². The number of alkyl halides is 3. The maximum Gasteiger partial charge on any atom is 0.416 e. The molecule has 0 spiro atoms. The number of nitrogens with zero attached hydrogens (tertiary/aromatic N) is 1. The van der Waals surface area contributed by atoms with Gasteiger partial charge in [-0.25, -0.2) is 4.99 Å². The van der Waals surface area contributed by atoms with Crippen molar-refractivity contribution in [3.8, 4) is 0 Å². The number of allylic oxidation sites excluding steroid dienone is 4. The van der Waals surface area contributed by atoms with Crippen LogP contribution in [0.3, 0.4) is 0 Å². The number of aliphatic imine (C=N–C) groups is 1. The van der Waals surface area contributed by atoms with Crippen LogP contribution in [0.4, 0.5) is 18.9 Å². The summed E-state index contributed by atoms with van der Waals surface area (Å²) >= 11 is 6.12. The van der Waals surface area contributed by atoms with Gasteiger partial charge in [0.05, 0.1) is 11.6 Å². The van der Waals surface area contributed by atoms with E-state index in [0.29, 0.717) is 17.1 Å². The molecule has 0 aliphatic carbocycles. The first-order chi connectivity index (χ1) is 18.1. The third-order valence-electron chi connectivity index (χ3n) is 6.23. The number of benzene rings is 2. The van der Waals surface area contributed by atoms with E-state index in [1.165, 1.54) is 6.07 Å². The van der Waals surface area contributed by atoms with Crippen LogP contribution in [-0.4, -0.2) is 24.2 Å². The van der Waals surface area contributed by atoms with Crippen molar-refractivity contribution in [2.24, 2.45) is 4.99 Å². The summed E-state index contributed by atoms with van der Waals surface area (Å²) in [6, 6.07) is 10.6. The fraction of sp³-hybridized carbons (Fsp3) is 0.310. The largest absolute Gasteiger partial charge is 0.416 e. The molecule has 0 radical (unpaired) electrons. The van der Waals surface area contributed by atoms with Crippen molar-refractivity contribution in [1.82, 2.24) is 10.6 Å². The topological polar surface area (TPSA) is 65.5 Å². The summed E-state index contributed by atoms with van der Waals surface area (Å²) in [5.74, 6) is -0.0618. The summed E-state index contributed by atoms with van der Waals surface area (Å²) in [7, 11) is 0. The molecule has 1 atom stereocenters. The highest BCUT2D eigenvalue weighted by molar-refractivity contribution is 6.68. The fourth-order valence-corrected chi connectivity index (χ4v) is 4.38. The van der Waals surface area contributed by atoms with Crippen LogP contribution in [0.5, 0.6) is 0 Å². The van der Waals surface area contributed by atoms with Crippen LogP contribution in [0.2, 0.25) is 0 Å². The van der Waals surface area contributed by atoms with Gasteiger partial charge in [-0.15, -0.1) is 0 Å². The maximum atomic E-state index is 13.6. The lowest BCUT2D eigenvalue weighted by Crippen LogP contribution is -2.27. The number of anilines is 1. The van der Waals surface area contributed by atoms with Crippen molar-refractivity contribution in [1.29, 1.82) is 0 Å². The number of carbonyl (C=O) groups is 1. The predicted octanol–water partition coefficient (Wildman–Crippen LogP) is 7.32. The van der Waals surface area contributed by atoms with Gasteiger partial charge in [0.15, 0.2) is 0 Å². The second-order valence-electron chi connectivity index (χ2n) is 9.01. The monoisotopic (exact) mass is 544 g/mol. The molecule has 5 nitrogen and oxygen atoms in total. The Morgan fingerprint density at radius 3 is 2.61 bits per heavy atom. The van der Waals surface area contributed by atoms with E-state index in [1.807, 2.05) is 19.9 Å². The predicted molar refractivity (Wildman–Crippen MR) is 149 cm³/mol. The molecule has 1 fully saturated rings. The molecule has 1 aliphatic heterocycles. The molecule has 1 saturated heterocycles. The minimum absolute atomic E-state index is 0.0160. The third-order valence-corrected chi connectivity index (χ3v) is 6.45. The number of nitrogens with one attached hydrogen (secondary N) is 3. The van der Waals surface area contributed by atoms with E-state index in [0.717, 1.165) is 37.6 Å². The van der Waals surface area contributed by atoms with Crippen LogP contribution in [0, 0.1) is 0 Å². The SMILES string of the molecule is C=C/C=C/C(Cl)=N\C(=C/C)N[C@@H](C)c1cccc(NC(=O)c2cc(C3CCNCC3)cc(C(F)(F)F)c2)c1.